The molecule has 0 aliphatic heterocycles. The van der Waals surface area contributed by atoms with Gasteiger partial charge in [0.05, 0.1) is 7.11 Å². The van der Waals surface area contributed by atoms with Gasteiger partial charge in [-0.05, 0) is 54.7 Å². The van der Waals surface area contributed by atoms with Crippen molar-refractivity contribution in [3.05, 3.63) is 47.3 Å². The van der Waals surface area contributed by atoms with Crippen LogP contribution in [0.25, 0.3) is 0 Å². The fourth-order valence-corrected chi connectivity index (χ4v) is 3.83. The highest BCUT2D eigenvalue weighted by atomic mass is 32.2. The lowest BCUT2D eigenvalue weighted by molar-refractivity contribution is 0.401. The minimum Gasteiger partial charge on any atom is -0.495 e. The van der Waals surface area contributed by atoms with Crippen LogP contribution in [0.1, 0.15) is 36.5 Å². The van der Waals surface area contributed by atoms with Crippen LogP contribution in [0.15, 0.2) is 35.5 Å². The molecule has 0 aliphatic carbocycles. The van der Waals surface area contributed by atoms with Gasteiger partial charge in [0.15, 0.2) is 0 Å². The lowest BCUT2D eigenvalue weighted by atomic mass is 9.98. The summed E-state index contributed by atoms with van der Waals surface area (Å²) in [5.41, 5.74) is 2.94. The van der Waals surface area contributed by atoms with Crippen molar-refractivity contribution in [1.29, 1.82) is 0 Å². The van der Waals surface area contributed by atoms with Gasteiger partial charge in [0.1, 0.15) is 10.6 Å². The van der Waals surface area contributed by atoms with Gasteiger partial charge in [-0.25, -0.2) is 12.4 Å². The molecule has 0 amide bonds. The predicted molar refractivity (Wildman–Crippen MR) is 83.6 cm³/mol. The average molecular weight is 307 g/mol. The minimum absolute atomic E-state index is 0.204. The molecule has 4 nitrogen and oxygen atoms in total. The summed E-state index contributed by atoms with van der Waals surface area (Å²) < 4.78 is 32.1. The van der Waals surface area contributed by atoms with Crippen LogP contribution in [-0.4, -0.2) is 19.5 Å². The third-order valence-corrected chi connectivity index (χ3v) is 5.20. The van der Waals surface area contributed by atoms with Gasteiger partial charge in [-0.2, -0.15) is 0 Å². The van der Waals surface area contributed by atoms with E-state index >= 15 is 0 Å². The number of aryl methyl sites for hydroxylation is 2. The van der Waals surface area contributed by atoms with Gasteiger partial charge in [0.25, 0.3) is 10.0 Å². The fraction of sp³-hybridized carbons (Fsp3) is 0.375. The zero-order valence-corrected chi connectivity index (χ0v) is 13.9. The van der Waals surface area contributed by atoms with E-state index in [1.165, 1.54) is 11.1 Å². The number of hydrogen-bond donors (Lipinski definition) is 0. The molecule has 0 bridgehead atoms. The molecule has 0 saturated carbocycles. The van der Waals surface area contributed by atoms with Crippen molar-refractivity contribution < 1.29 is 13.2 Å². The number of nitrogens with zero attached hydrogens (tertiary/aromatic N) is 1. The zero-order chi connectivity index (χ0) is 15.8. The number of hydrogen-bond acceptors (Lipinski definition) is 3. The summed E-state index contributed by atoms with van der Waals surface area (Å²) in [5.74, 6) is 0.625. The Morgan fingerprint density at radius 1 is 1.19 bits per heavy atom. The Hall–Kier alpha value is -1.75. The van der Waals surface area contributed by atoms with Gasteiger partial charge in [0, 0.05) is 12.4 Å². The Labute approximate surface area is 126 Å². The first-order valence-electron chi connectivity index (χ1n) is 6.86. The first kappa shape index (κ1) is 15.6. The summed E-state index contributed by atoms with van der Waals surface area (Å²) in [7, 11) is -2.15. The summed E-state index contributed by atoms with van der Waals surface area (Å²) in [4.78, 5) is 0.204. The summed E-state index contributed by atoms with van der Waals surface area (Å²) in [6.45, 7) is 7.92. The van der Waals surface area contributed by atoms with E-state index < -0.39 is 10.0 Å². The first-order chi connectivity index (χ1) is 9.77. The third kappa shape index (κ3) is 2.83. The van der Waals surface area contributed by atoms with Crippen molar-refractivity contribution >= 4 is 10.0 Å². The maximum atomic E-state index is 12.8. The van der Waals surface area contributed by atoms with Crippen LogP contribution in [0.2, 0.25) is 0 Å². The smallest absolute Gasteiger partial charge is 0.271 e. The average Bonchev–Trinajstić information content (AvgIpc) is 2.85. The molecule has 2 aromatic rings. The van der Waals surface area contributed by atoms with Gasteiger partial charge < -0.3 is 4.74 Å². The molecule has 0 aliphatic rings. The molecule has 0 radical (unpaired) electrons. The molecule has 1 aromatic carbocycles. The number of methoxy groups -OCH3 is 1. The highest BCUT2D eigenvalue weighted by Gasteiger charge is 2.23. The summed E-state index contributed by atoms with van der Waals surface area (Å²) in [6.07, 6.45) is 3.16. The summed E-state index contributed by atoms with van der Waals surface area (Å²) in [5, 5.41) is 0. The lowest BCUT2D eigenvalue weighted by Gasteiger charge is -2.16. The molecule has 2 rings (SSSR count). The van der Waals surface area contributed by atoms with E-state index in [1.54, 1.807) is 30.6 Å². The quantitative estimate of drug-likeness (QED) is 0.869. The molecule has 0 fully saturated rings. The molecule has 0 N–H and O–H groups in total. The van der Waals surface area contributed by atoms with E-state index in [-0.39, 0.29) is 10.8 Å². The van der Waals surface area contributed by atoms with E-state index in [2.05, 4.69) is 0 Å². The standard InChI is InChI=1S/C16H21NO3S/c1-11(2)14-9-16(15(20-5)8-13(14)4)21(18,19)17-7-6-12(3)10-17/h6-11H,1-5H3. The van der Waals surface area contributed by atoms with Crippen molar-refractivity contribution in [1.82, 2.24) is 3.97 Å². The number of ether oxygens (including phenoxy) is 1. The molecule has 114 valence electrons. The summed E-state index contributed by atoms with van der Waals surface area (Å²) in [6, 6.07) is 5.28. The van der Waals surface area contributed by atoms with E-state index in [1.807, 2.05) is 27.7 Å². The molecule has 0 atom stereocenters. The van der Waals surface area contributed by atoms with Gasteiger partial charge in [-0.15, -0.1) is 0 Å². The Balaban J connectivity index is 2.69. The number of benzene rings is 1. The SMILES string of the molecule is COc1cc(C)c(C(C)C)cc1S(=O)(=O)n1ccc(C)c1. The molecular formula is C16H21NO3S. The highest BCUT2D eigenvalue weighted by Crippen LogP contribution is 2.32. The molecule has 0 spiro atoms. The zero-order valence-electron chi connectivity index (χ0n) is 13.0. The van der Waals surface area contributed by atoms with E-state index in [9.17, 15) is 8.42 Å². The van der Waals surface area contributed by atoms with E-state index in [0.717, 1.165) is 16.7 Å². The van der Waals surface area contributed by atoms with Crippen LogP contribution < -0.4 is 4.74 Å². The van der Waals surface area contributed by atoms with Gasteiger partial charge >= 0.3 is 0 Å². The maximum Gasteiger partial charge on any atom is 0.271 e. The Kier molecular flexibility index (Phi) is 4.14. The van der Waals surface area contributed by atoms with Crippen LogP contribution in [-0.2, 0) is 10.0 Å². The second-order valence-electron chi connectivity index (χ2n) is 5.54. The van der Waals surface area contributed by atoms with Crippen molar-refractivity contribution in [2.75, 3.05) is 7.11 Å². The fourth-order valence-electron chi connectivity index (χ4n) is 2.40. The molecule has 0 unspecified atom stereocenters. The predicted octanol–water partition coefficient (Wildman–Crippen LogP) is 3.47. The topological polar surface area (TPSA) is 48.3 Å². The van der Waals surface area contributed by atoms with Crippen LogP contribution in [0, 0.1) is 13.8 Å². The lowest BCUT2D eigenvalue weighted by Crippen LogP contribution is -2.13. The number of rotatable bonds is 4. The first-order valence-corrected chi connectivity index (χ1v) is 8.30. The van der Waals surface area contributed by atoms with Crippen molar-refractivity contribution in [2.45, 2.75) is 38.5 Å². The molecule has 1 heterocycles. The van der Waals surface area contributed by atoms with Crippen molar-refractivity contribution in [3.63, 3.8) is 0 Å². The Bertz CT molecular complexity index is 758. The second-order valence-corrected chi connectivity index (χ2v) is 7.35. The Morgan fingerprint density at radius 2 is 1.86 bits per heavy atom. The van der Waals surface area contributed by atoms with Gasteiger partial charge in [-0.1, -0.05) is 13.8 Å². The van der Waals surface area contributed by atoms with E-state index in [4.69, 9.17) is 4.74 Å². The monoisotopic (exact) mass is 307 g/mol. The van der Waals surface area contributed by atoms with Gasteiger partial charge in [0.2, 0.25) is 0 Å². The molecule has 1 aromatic heterocycles. The van der Waals surface area contributed by atoms with Crippen LogP contribution in [0.5, 0.6) is 5.75 Å². The molecule has 0 saturated heterocycles. The van der Waals surface area contributed by atoms with Crippen LogP contribution >= 0.6 is 0 Å². The normalized spacial score (nSPS) is 11.9. The summed E-state index contributed by atoms with van der Waals surface area (Å²) >= 11 is 0. The second kappa shape index (κ2) is 5.56. The molecule has 5 heteroatoms. The van der Waals surface area contributed by atoms with Crippen molar-refractivity contribution in [2.24, 2.45) is 0 Å². The largest absolute Gasteiger partial charge is 0.495 e. The van der Waals surface area contributed by atoms with Crippen molar-refractivity contribution in [3.8, 4) is 5.75 Å². The highest BCUT2D eigenvalue weighted by molar-refractivity contribution is 7.90. The number of aromatic nitrogens is 1. The molecular weight excluding hydrogens is 286 g/mol. The van der Waals surface area contributed by atoms with E-state index in [0.29, 0.717) is 5.75 Å². The maximum absolute atomic E-state index is 12.8. The minimum atomic E-state index is -3.64. The van der Waals surface area contributed by atoms with Crippen LogP contribution in [0.3, 0.4) is 0 Å². The van der Waals surface area contributed by atoms with Crippen LogP contribution in [0.4, 0.5) is 0 Å². The Morgan fingerprint density at radius 3 is 2.33 bits per heavy atom. The molecule has 21 heavy (non-hydrogen) atoms. The van der Waals surface area contributed by atoms with Gasteiger partial charge in [-0.3, -0.25) is 0 Å². The third-order valence-electron chi connectivity index (χ3n) is 3.54.